The van der Waals surface area contributed by atoms with E-state index in [1.807, 2.05) is 42.5 Å². The first-order chi connectivity index (χ1) is 17.3. The summed E-state index contributed by atoms with van der Waals surface area (Å²) < 4.78 is 0. The lowest BCUT2D eigenvalue weighted by Gasteiger charge is -2.28. The standard InChI is InChI=1S/C26H33N5O4S/c27-19(13-17-8-10-18(32)11-9-17)25-30-21(15-36-25)24(34)29-20(14-16-5-2-1-3-6-16)26(35)31-12-4-7-22(31)23(28)33/h1-3,5-6,8-11,19-22,25,30,32H,4,7,12-15,27H2,(H2,28,33)(H,29,34). The number of benzene rings is 2. The van der Waals surface area contributed by atoms with Gasteiger partial charge in [-0.05, 0) is 42.5 Å². The molecule has 0 bridgehead atoms. The van der Waals surface area contributed by atoms with Crippen molar-refractivity contribution in [1.29, 1.82) is 0 Å². The molecule has 2 heterocycles. The van der Waals surface area contributed by atoms with Crippen LogP contribution in [0, 0.1) is 0 Å². The highest BCUT2D eigenvalue weighted by atomic mass is 32.2. The highest BCUT2D eigenvalue weighted by Crippen LogP contribution is 2.24. The van der Waals surface area contributed by atoms with Gasteiger partial charge in [-0.15, -0.1) is 11.8 Å². The van der Waals surface area contributed by atoms with Crippen molar-refractivity contribution in [2.45, 2.75) is 55.2 Å². The Balaban J connectivity index is 1.40. The minimum absolute atomic E-state index is 0.129. The zero-order valence-corrected chi connectivity index (χ0v) is 20.8. The van der Waals surface area contributed by atoms with E-state index in [0.717, 1.165) is 11.1 Å². The van der Waals surface area contributed by atoms with Crippen molar-refractivity contribution < 1.29 is 19.5 Å². The third kappa shape index (κ3) is 6.37. The van der Waals surface area contributed by atoms with E-state index in [9.17, 15) is 19.5 Å². The Kier molecular flexibility index (Phi) is 8.50. The molecule has 2 aromatic rings. The molecule has 0 radical (unpaired) electrons. The van der Waals surface area contributed by atoms with Gasteiger partial charge in [0.25, 0.3) is 0 Å². The van der Waals surface area contributed by atoms with Gasteiger partial charge in [-0.2, -0.15) is 0 Å². The molecule has 2 aromatic carbocycles. The predicted octanol–water partition coefficient (Wildman–Crippen LogP) is 0.497. The zero-order chi connectivity index (χ0) is 25.7. The lowest BCUT2D eigenvalue weighted by molar-refractivity contribution is -0.140. The van der Waals surface area contributed by atoms with Crippen molar-refractivity contribution in [3.05, 3.63) is 65.7 Å². The van der Waals surface area contributed by atoms with Crippen molar-refractivity contribution in [3.63, 3.8) is 0 Å². The summed E-state index contributed by atoms with van der Waals surface area (Å²) in [5.41, 5.74) is 13.8. The van der Waals surface area contributed by atoms with Crippen LogP contribution >= 0.6 is 11.8 Å². The molecule has 0 spiro atoms. The SMILES string of the molecule is NC(=O)C1CCCN1C(=O)C(Cc1ccccc1)NC(=O)C1CSC(C(N)Cc2ccc(O)cc2)N1. The number of aromatic hydroxyl groups is 1. The number of primary amides is 1. The maximum atomic E-state index is 13.5. The number of nitrogens with zero attached hydrogens (tertiary/aromatic N) is 1. The fourth-order valence-corrected chi connectivity index (χ4v) is 6.00. The number of carbonyl (C=O) groups excluding carboxylic acids is 3. The molecule has 4 rings (SSSR count). The fraction of sp³-hybridized carbons (Fsp3) is 0.423. The third-order valence-electron chi connectivity index (χ3n) is 6.68. The Labute approximate surface area is 215 Å². The molecule has 3 amide bonds. The van der Waals surface area contributed by atoms with Crippen LogP contribution in [-0.4, -0.2) is 69.6 Å². The first kappa shape index (κ1) is 26.0. The van der Waals surface area contributed by atoms with Crippen LogP contribution in [0.3, 0.4) is 0 Å². The van der Waals surface area contributed by atoms with Crippen LogP contribution in [0.15, 0.2) is 54.6 Å². The predicted molar refractivity (Wildman–Crippen MR) is 139 cm³/mol. The van der Waals surface area contributed by atoms with Crippen molar-refractivity contribution >= 4 is 29.5 Å². The number of thioether (sulfide) groups is 1. The molecule has 7 N–H and O–H groups in total. The van der Waals surface area contributed by atoms with E-state index >= 15 is 0 Å². The van der Waals surface area contributed by atoms with E-state index in [1.54, 1.807) is 23.9 Å². The van der Waals surface area contributed by atoms with Crippen LogP contribution in [0.1, 0.15) is 24.0 Å². The van der Waals surface area contributed by atoms with E-state index in [-0.39, 0.29) is 29.0 Å². The molecule has 0 saturated carbocycles. The van der Waals surface area contributed by atoms with Crippen LogP contribution < -0.4 is 22.1 Å². The molecule has 0 aromatic heterocycles. The minimum Gasteiger partial charge on any atom is -0.508 e. The number of phenols is 1. The molecule has 192 valence electrons. The molecule has 2 fully saturated rings. The summed E-state index contributed by atoms with van der Waals surface area (Å²) in [6, 6.07) is 14.2. The summed E-state index contributed by atoms with van der Waals surface area (Å²) in [5.74, 6) is -0.358. The second-order valence-electron chi connectivity index (χ2n) is 9.35. The third-order valence-corrected chi connectivity index (χ3v) is 8.05. The Bertz CT molecular complexity index is 1070. The number of hydrogen-bond donors (Lipinski definition) is 5. The van der Waals surface area contributed by atoms with E-state index < -0.39 is 24.0 Å². The molecule has 9 nitrogen and oxygen atoms in total. The average Bonchev–Trinajstić information content (AvgIpc) is 3.56. The average molecular weight is 512 g/mol. The van der Waals surface area contributed by atoms with Gasteiger partial charge < -0.3 is 26.8 Å². The van der Waals surface area contributed by atoms with E-state index in [1.165, 1.54) is 4.90 Å². The summed E-state index contributed by atoms with van der Waals surface area (Å²) >= 11 is 1.58. The number of hydrogen-bond acceptors (Lipinski definition) is 7. The van der Waals surface area contributed by atoms with Gasteiger partial charge in [-0.25, -0.2) is 0 Å². The number of nitrogens with two attached hydrogens (primary N) is 2. The van der Waals surface area contributed by atoms with Gasteiger partial charge >= 0.3 is 0 Å². The van der Waals surface area contributed by atoms with Gasteiger partial charge in [0.2, 0.25) is 17.7 Å². The van der Waals surface area contributed by atoms with Crippen molar-refractivity contribution in [3.8, 4) is 5.75 Å². The maximum Gasteiger partial charge on any atom is 0.246 e. The number of carbonyl (C=O) groups is 3. The smallest absolute Gasteiger partial charge is 0.246 e. The number of rotatable bonds is 9. The topological polar surface area (TPSA) is 151 Å². The van der Waals surface area contributed by atoms with Gasteiger partial charge in [0.05, 0.1) is 11.4 Å². The summed E-state index contributed by atoms with van der Waals surface area (Å²) in [6.07, 6.45) is 2.15. The summed E-state index contributed by atoms with van der Waals surface area (Å²) in [5, 5.41) is 15.6. The first-order valence-corrected chi connectivity index (χ1v) is 13.2. The van der Waals surface area contributed by atoms with E-state index in [0.29, 0.717) is 38.0 Å². The number of phenolic OH excluding ortho intramolecular Hbond substituents is 1. The molecule has 36 heavy (non-hydrogen) atoms. The van der Waals surface area contributed by atoms with Crippen LogP contribution in [0.25, 0.3) is 0 Å². The van der Waals surface area contributed by atoms with E-state index in [2.05, 4.69) is 10.6 Å². The van der Waals surface area contributed by atoms with Crippen LogP contribution in [-0.2, 0) is 27.2 Å². The van der Waals surface area contributed by atoms with Crippen molar-refractivity contribution in [1.82, 2.24) is 15.5 Å². The van der Waals surface area contributed by atoms with Crippen molar-refractivity contribution in [2.24, 2.45) is 11.5 Å². The van der Waals surface area contributed by atoms with E-state index in [4.69, 9.17) is 11.5 Å². The van der Waals surface area contributed by atoms with Crippen LogP contribution in [0.4, 0.5) is 0 Å². The molecular weight excluding hydrogens is 478 g/mol. The molecule has 2 aliphatic heterocycles. The number of nitrogens with one attached hydrogen (secondary N) is 2. The molecule has 5 atom stereocenters. The molecule has 5 unspecified atom stereocenters. The highest BCUT2D eigenvalue weighted by molar-refractivity contribution is 8.00. The second-order valence-corrected chi connectivity index (χ2v) is 10.5. The molecule has 2 saturated heterocycles. The summed E-state index contributed by atoms with van der Waals surface area (Å²) in [4.78, 5) is 40.1. The molecule has 0 aliphatic carbocycles. The lowest BCUT2D eigenvalue weighted by Crippen LogP contribution is -2.57. The van der Waals surface area contributed by atoms with Gasteiger partial charge in [0, 0.05) is 24.8 Å². The summed E-state index contributed by atoms with van der Waals surface area (Å²) in [6.45, 7) is 0.444. The quantitative estimate of drug-likeness (QED) is 0.329. The van der Waals surface area contributed by atoms with Gasteiger partial charge in [0.1, 0.15) is 17.8 Å². The second kappa shape index (κ2) is 11.8. The van der Waals surface area contributed by atoms with Gasteiger partial charge in [-0.1, -0.05) is 42.5 Å². The largest absolute Gasteiger partial charge is 0.508 e. The molecule has 2 aliphatic rings. The highest BCUT2D eigenvalue weighted by Gasteiger charge is 2.39. The van der Waals surface area contributed by atoms with Gasteiger partial charge in [0.15, 0.2) is 0 Å². The number of likely N-dealkylation sites (tertiary alicyclic amines) is 1. The number of amides is 3. The Morgan fingerprint density at radius 2 is 1.78 bits per heavy atom. The Morgan fingerprint density at radius 1 is 1.08 bits per heavy atom. The van der Waals surface area contributed by atoms with Gasteiger partial charge in [-0.3, -0.25) is 19.7 Å². The molecular formula is C26H33N5O4S. The Hall–Kier alpha value is -3.08. The maximum absolute atomic E-state index is 13.5. The lowest BCUT2D eigenvalue weighted by atomic mass is 10.0. The fourth-order valence-electron chi connectivity index (χ4n) is 4.75. The minimum atomic E-state index is -0.809. The zero-order valence-electron chi connectivity index (χ0n) is 20.0. The Morgan fingerprint density at radius 3 is 2.47 bits per heavy atom. The van der Waals surface area contributed by atoms with Crippen LogP contribution in [0.2, 0.25) is 0 Å². The van der Waals surface area contributed by atoms with Crippen LogP contribution in [0.5, 0.6) is 5.75 Å². The first-order valence-electron chi connectivity index (χ1n) is 12.2. The molecule has 10 heteroatoms. The normalized spacial score (nSPS) is 23.2. The van der Waals surface area contributed by atoms with Crippen molar-refractivity contribution in [2.75, 3.05) is 12.3 Å². The monoisotopic (exact) mass is 511 g/mol. The summed E-state index contributed by atoms with van der Waals surface area (Å²) in [7, 11) is 0.